The molecule has 0 unspecified atom stereocenters. The Morgan fingerprint density at radius 1 is 1.00 bits per heavy atom. The number of anilines is 1. The Hall–Kier alpha value is -2.42. The van der Waals surface area contributed by atoms with Crippen molar-refractivity contribution in [3.8, 4) is 11.5 Å². The van der Waals surface area contributed by atoms with Gasteiger partial charge in [0.15, 0.2) is 11.5 Å². The van der Waals surface area contributed by atoms with E-state index < -0.39 is 20.2 Å². The number of benzene rings is 2. The molecule has 0 spiro atoms. The summed E-state index contributed by atoms with van der Waals surface area (Å²) in [4.78, 5) is -0.813. The van der Waals surface area contributed by atoms with Gasteiger partial charge in [-0.2, -0.15) is 13.2 Å². The molecule has 0 aliphatic carbocycles. The Bertz CT molecular complexity index is 897. The van der Waals surface area contributed by atoms with Crippen molar-refractivity contribution in [1.29, 1.82) is 0 Å². The highest BCUT2D eigenvalue weighted by molar-refractivity contribution is 7.92. The van der Waals surface area contributed by atoms with Gasteiger partial charge in [0.25, 0.3) is 9.84 Å². The molecule has 0 atom stereocenters. The minimum atomic E-state index is -5.45. The van der Waals surface area contributed by atoms with Gasteiger partial charge < -0.3 is 14.8 Å². The molecular formula is C17H16F3NO4S. The number of nitrogens with one attached hydrogen (secondary N) is 1. The fourth-order valence-electron chi connectivity index (χ4n) is 2.56. The minimum Gasteiger partial charge on any atom is -0.490 e. The number of alkyl halides is 3. The third-order valence-electron chi connectivity index (χ3n) is 3.80. The number of ether oxygens (including phenoxy) is 2. The number of sulfone groups is 1. The van der Waals surface area contributed by atoms with Crippen LogP contribution in [0.5, 0.6) is 11.5 Å². The summed E-state index contributed by atoms with van der Waals surface area (Å²) >= 11 is 0. The highest BCUT2D eigenvalue weighted by Gasteiger charge is 2.47. The van der Waals surface area contributed by atoms with Crippen LogP contribution >= 0.6 is 0 Å². The summed E-state index contributed by atoms with van der Waals surface area (Å²) in [5.41, 5.74) is -4.84. The Morgan fingerprint density at radius 2 is 1.73 bits per heavy atom. The summed E-state index contributed by atoms with van der Waals surface area (Å²) in [6.45, 7) is 1.05. The van der Waals surface area contributed by atoms with Gasteiger partial charge in [0.1, 0.15) is 0 Å². The summed E-state index contributed by atoms with van der Waals surface area (Å²) in [6.07, 6.45) is 0.716. The molecule has 0 saturated heterocycles. The fraction of sp³-hybridized carbons (Fsp3) is 0.294. The van der Waals surface area contributed by atoms with Crippen LogP contribution in [0.3, 0.4) is 0 Å². The van der Waals surface area contributed by atoms with Gasteiger partial charge in [0, 0.05) is 18.5 Å². The monoisotopic (exact) mass is 387 g/mol. The van der Waals surface area contributed by atoms with E-state index in [9.17, 15) is 21.6 Å². The zero-order chi connectivity index (χ0) is 18.8. The SMILES string of the molecule is O=S(=O)(c1ccccc1NCc1cccc2c1OCCCO2)C(F)(F)F. The van der Waals surface area contributed by atoms with Crippen molar-refractivity contribution in [2.24, 2.45) is 0 Å². The summed E-state index contributed by atoms with van der Waals surface area (Å²) in [5, 5.41) is 2.76. The van der Waals surface area contributed by atoms with Crippen LogP contribution in [-0.2, 0) is 16.4 Å². The Labute approximate surface area is 148 Å². The van der Waals surface area contributed by atoms with Crippen molar-refractivity contribution in [3.63, 3.8) is 0 Å². The van der Waals surface area contributed by atoms with Crippen LogP contribution in [0.2, 0.25) is 0 Å². The number of fused-ring (bicyclic) bond motifs is 1. The Balaban J connectivity index is 1.89. The molecule has 0 bridgehead atoms. The molecule has 0 saturated carbocycles. The van der Waals surface area contributed by atoms with Gasteiger partial charge in [0.2, 0.25) is 0 Å². The second-order valence-electron chi connectivity index (χ2n) is 5.59. The predicted molar refractivity (Wildman–Crippen MR) is 89.1 cm³/mol. The molecule has 1 aliphatic rings. The van der Waals surface area contributed by atoms with Crippen LogP contribution < -0.4 is 14.8 Å². The molecule has 0 aromatic heterocycles. The van der Waals surface area contributed by atoms with Gasteiger partial charge in [0.05, 0.1) is 23.8 Å². The van der Waals surface area contributed by atoms with Gasteiger partial charge >= 0.3 is 5.51 Å². The van der Waals surface area contributed by atoms with E-state index >= 15 is 0 Å². The number of hydrogen-bond acceptors (Lipinski definition) is 5. The largest absolute Gasteiger partial charge is 0.501 e. The normalized spacial score (nSPS) is 14.6. The highest BCUT2D eigenvalue weighted by atomic mass is 32.2. The number of hydrogen-bond donors (Lipinski definition) is 1. The summed E-state index contributed by atoms with van der Waals surface area (Å²) in [7, 11) is -5.45. The minimum absolute atomic E-state index is 0.0803. The Morgan fingerprint density at radius 3 is 2.50 bits per heavy atom. The average Bonchev–Trinajstić information content (AvgIpc) is 2.85. The zero-order valence-corrected chi connectivity index (χ0v) is 14.4. The lowest BCUT2D eigenvalue weighted by molar-refractivity contribution is -0.0435. The molecule has 0 amide bonds. The molecule has 1 aliphatic heterocycles. The molecule has 26 heavy (non-hydrogen) atoms. The summed E-state index contributed by atoms with van der Waals surface area (Å²) in [5.74, 6) is 1.06. The lowest BCUT2D eigenvalue weighted by Crippen LogP contribution is -2.24. The van der Waals surface area contributed by atoms with Gasteiger partial charge in [-0.3, -0.25) is 0 Å². The van der Waals surface area contributed by atoms with Crippen LogP contribution in [0.4, 0.5) is 18.9 Å². The molecule has 0 radical (unpaired) electrons. The lowest BCUT2D eigenvalue weighted by atomic mass is 10.1. The van der Waals surface area contributed by atoms with Crippen molar-refractivity contribution in [3.05, 3.63) is 48.0 Å². The Kier molecular flexibility index (Phi) is 4.99. The van der Waals surface area contributed by atoms with Crippen LogP contribution in [0, 0.1) is 0 Å². The molecule has 1 N–H and O–H groups in total. The zero-order valence-electron chi connectivity index (χ0n) is 13.5. The molecule has 2 aromatic carbocycles. The molecule has 140 valence electrons. The second kappa shape index (κ2) is 7.06. The number of rotatable bonds is 4. The van der Waals surface area contributed by atoms with E-state index in [0.29, 0.717) is 36.7 Å². The first-order chi connectivity index (χ1) is 12.3. The fourth-order valence-corrected chi connectivity index (χ4v) is 3.49. The molecular weight excluding hydrogens is 371 g/mol. The molecule has 2 aromatic rings. The second-order valence-corrected chi connectivity index (χ2v) is 7.50. The van der Waals surface area contributed by atoms with E-state index in [1.54, 1.807) is 18.2 Å². The smallest absolute Gasteiger partial charge is 0.490 e. The standard InChI is InChI=1S/C17H16F3NO4S/c18-17(19,20)26(22,23)15-8-2-1-6-13(15)21-11-12-5-3-7-14-16(12)25-10-4-9-24-14/h1-3,5-8,21H,4,9-11H2. The van der Waals surface area contributed by atoms with Gasteiger partial charge in [-0.1, -0.05) is 24.3 Å². The first-order valence-electron chi connectivity index (χ1n) is 7.82. The first-order valence-corrected chi connectivity index (χ1v) is 9.31. The van der Waals surface area contributed by atoms with Crippen molar-refractivity contribution >= 4 is 15.5 Å². The number of para-hydroxylation sites is 2. The van der Waals surface area contributed by atoms with Gasteiger partial charge in [-0.05, 0) is 18.2 Å². The van der Waals surface area contributed by atoms with Gasteiger partial charge in [-0.25, -0.2) is 8.42 Å². The van der Waals surface area contributed by atoms with Crippen LogP contribution in [0.15, 0.2) is 47.4 Å². The van der Waals surface area contributed by atoms with E-state index in [2.05, 4.69) is 5.32 Å². The maximum Gasteiger partial charge on any atom is 0.501 e. The van der Waals surface area contributed by atoms with Crippen molar-refractivity contribution in [2.45, 2.75) is 23.4 Å². The molecule has 0 fully saturated rings. The molecule has 3 rings (SSSR count). The first kappa shape index (κ1) is 18.4. The number of halogens is 3. The molecule has 9 heteroatoms. The van der Waals surface area contributed by atoms with Crippen molar-refractivity contribution < 1.29 is 31.1 Å². The molecule has 5 nitrogen and oxygen atoms in total. The third-order valence-corrected chi connectivity index (χ3v) is 5.35. The van der Waals surface area contributed by atoms with E-state index in [0.717, 1.165) is 6.07 Å². The van der Waals surface area contributed by atoms with Crippen LogP contribution in [-0.4, -0.2) is 27.1 Å². The van der Waals surface area contributed by atoms with E-state index in [1.807, 2.05) is 0 Å². The molecule has 1 heterocycles. The van der Waals surface area contributed by atoms with Crippen LogP contribution in [0.1, 0.15) is 12.0 Å². The topological polar surface area (TPSA) is 64.6 Å². The van der Waals surface area contributed by atoms with Crippen LogP contribution in [0.25, 0.3) is 0 Å². The van der Waals surface area contributed by atoms with Gasteiger partial charge in [-0.15, -0.1) is 0 Å². The van der Waals surface area contributed by atoms with Crippen molar-refractivity contribution in [2.75, 3.05) is 18.5 Å². The van der Waals surface area contributed by atoms with E-state index in [4.69, 9.17) is 9.47 Å². The van der Waals surface area contributed by atoms with E-state index in [1.165, 1.54) is 18.2 Å². The van der Waals surface area contributed by atoms with Crippen molar-refractivity contribution in [1.82, 2.24) is 0 Å². The maximum absolute atomic E-state index is 12.9. The quantitative estimate of drug-likeness (QED) is 0.866. The third kappa shape index (κ3) is 3.57. The van der Waals surface area contributed by atoms with E-state index in [-0.39, 0.29) is 12.2 Å². The average molecular weight is 387 g/mol. The summed E-state index contributed by atoms with van der Waals surface area (Å²) < 4.78 is 73.4. The predicted octanol–water partition coefficient (Wildman–Crippen LogP) is 3.75. The maximum atomic E-state index is 12.9. The highest BCUT2D eigenvalue weighted by Crippen LogP contribution is 2.36. The lowest BCUT2D eigenvalue weighted by Gasteiger charge is -2.16. The summed E-state index contributed by atoms with van der Waals surface area (Å²) in [6, 6.07) is 10.1.